The topological polar surface area (TPSA) is 25.2 Å². The molecule has 1 saturated carbocycles. The molecule has 1 aromatic heterocycles. The van der Waals surface area contributed by atoms with Crippen LogP contribution in [0.15, 0.2) is 21.2 Å². The van der Waals surface area contributed by atoms with Gasteiger partial charge in [-0.15, -0.1) is 0 Å². The number of hydrogen-bond donors (Lipinski definition) is 1. The standard InChI is InChI=1S/C11H16BrNO/c1-2-11(4-5-11)8-13-7-10-9(12)3-6-14-10/h3,6,13H,2,4-5,7-8H2,1H3. The van der Waals surface area contributed by atoms with Crippen molar-refractivity contribution in [3.8, 4) is 0 Å². The molecule has 2 rings (SSSR count). The van der Waals surface area contributed by atoms with Crippen LogP contribution < -0.4 is 5.32 Å². The van der Waals surface area contributed by atoms with Gasteiger partial charge in [-0.3, -0.25) is 0 Å². The highest BCUT2D eigenvalue weighted by Gasteiger charge is 2.39. The fourth-order valence-corrected chi connectivity index (χ4v) is 2.07. The summed E-state index contributed by atoms with van der Waals surface area (Å²) in [7, 11) is 0. The first-order valence-electron chi connectivity index (χ1n) is 5.18. The molecule has 1 N–H and O–H groups in total. The van der Waals surface area contributed by atoms with Crippen LogP contribution in [0.4, 0.5) is 0 Å². The number of halogens is 1. The van der Waals surface area contributed by atoms with Gasteiger partial charge in [0.25, 0.3) is 0 Å². The Morgan fingerprint density at radius 2 is 2.36 bits per heavy atom. The molecule has 0 bridgehead atoms. The first-order valence-corrected chi connectivity index (χ1v) is 5.98. The van der Waals surface area contributed by atoms with Gasteiger partial charge in [-0.25, -0.2) is 0 Å². The molecule has 0 radical (unpaired) electrons. The summed E-state index contributed by atoms with van der Waals surface area (Å²) < 4.78 is 6.39. The van der Waals surface area contributed by atoms with Gasteiger partial charge in [0, 0.05) is 6.54 Å². The average molecular weight is 258 g/mol. The van der Waals surface area contributed by atoms with E-state index in [9.17, 15) is 0 Å². The second-order valence-corrected chi connectivity index (χ2v) is 5.00. The van der Waals surface area contributed by atoms with E-state index in [1.54, 1.807) is 6.26 Å². The molecule has 0 saturated heterocycles. The molecule has 0 aromatic carbocycles. The van der Waals surface area contributed by atoms with Crippen LogP contribution in [0.25, 0.3) is 0 Å². The monoisotopic (exact) mass is 257 g/mol. The summed E-state index contributed by atoms with van der Waals surface area (Å²) in [4.78, 5) is 0. The van der Waals surface area contributed by atoms with Crippen LogP contribution in [0.2, 0.25) is 0 Å². The molecule has 78 valence electrons. The van der Waals surface area contributed by atoms with Crippen LogP contribution in [-0.2, 0) is 6.54 Å². The lowest BCUT2D eigenvalue weighted by molar-refractivity contribution is 0.416. The van der Waals surface area contributed by atoms with Crippen molar-refractivity contribution in [3.05, 3.63) is 22.6 Å². The summed E-state index contributed by atoms with van der Waals surface area (Å²) in [6.07, 6.45) is 5.78. The van der Waals surface area contributed by atoms with Crippen molar-refractivity contribution in [1.82, 2.24) is 5.32 Å². The first-order chi connectivity index (χ1) is 6.76. The van der Waals surface area contributed by atoms with Crippen LogP contribution in [0.3, 0.4) is 0 Å². The van der Waals surface area contributed by atoms with Crippen molar-refractivity contribution in [3.63, 3.8) is 0 Å². The normalized spacial score (nSPS) is 18.4. The summed E-state index contributed by atoms with van der Waals surface area (Å²) in [5, 5.41) is 3.46. The van der Waals surface area contributed by atoms with Gasteiger partial charge in [0.1, 0.15) is 5.76 Å². The van der Waals surface area contributed by atoms with E-state index in [0.717, 1.165) is 23.3 Å². The highest BCUT2D eigenvalue weighted by molar-refractivity contribution is 9.10. The van der Waals surface area contributed by atoms with Gasteiger partial charge in [-0.2, -0.15) is 0 Å². The molecule has 14 heavy (non-hydrogen) atoms. The lowest BCUT2D eigenvalue weighted by Crippen LogP contribution is -2.22. The van der Waals surface area contributed by atoms with Crippen molar-refractivity contribution in [2.24, 2.45) is 5.41 Å². The number of rotatable bonds is 5. The SMILES string of the molecule is CCC1(CNCc2occc2Br)CC1. The zero-order valence-corrected chi connectivity index (χ0v) is 10.1. The molecule has 0 spiro atoms. The lowest BCUT2D eigenvalue weighted by Gasteiger charge is -2.12. The van der Waals surface area contributed by atoms with Gasteiger partial charge in [-0.05, 0) is 46.7 Å². The Kier molecular flexibility index (Phi) is 2.98. The molecule has 1 heterocycles. The average Bonchev–Trinajstić information content (AvgIpc) is 2.86. The highest BCUT2D eigenvalue weighted by atomic mass is 79.9. The van der Waals surface area contributed by atoms with Gasteiger partial charge in [0.15, 0.2) is 0 Å². The molecular weight excluding hydrogens is 242 g/mol. The van der Waals surface area contributed by atoms with E-state index in [1.807, 2.05) is 6.07 Å². The third-order valence-corrected chi connectivity index (χ3v) is 3.89. The zero-order valence-electron chi connectivity index (χ0n) is 8.48. The van der Waals surface area contributed by atoms with Crippen molar-refractivity contribution < 1.29 is 4.42 Å². The minimum Gasteiger partial charge on any atom is -0.467 e. The smallest absolute Gasteiger partial charge is 0.131 e. The predicted molar refractivity (Wildman–Crippen MR) is 60.1 cm³/mol. The highest BCUT2D eigenvalue weighted by Crippen LogP contribution is 2.47. The van der Waals surface area contributed by atoms with Gasteiger partial charge < -0.3 is 9.73 Å². The Labute approximate surface area is 93.2 Å². The molecule has 0 aliphatic heterocycles. The maximum Gasteiger partial charge on any atom is 0.131 e. The van der Waals surface area contributed by atoms with Crippen LogP contribution in [0.1, 0.15) is 31.9 Å². The Balaban J connectivity index is 1.76. The van der Waals surface area contributed by atoms with E-state index >= 15 is 0 Å². The predicted octanol–water partition coefficient (Wildman–Crippen LogP) is 3.32. The van der Waals surface area contributed by atoms with Crippen molar-refractivity contribution in [2.45, 2.75) is 32.7 Å². The molecular formula is C11H16BrNO. The van der Waals surface area contributed by atoms with Gasteiger partial charge in [-0.1, -0.05) is 6.92 Å². The minimum atomic E-state index is 0.610. The van der Waals surface area contributed by atoms with E-state index in [1.165, 1.54) is 19.3 Å². The first kappa shape index (κ1) is 10.2. The fraction of sp³-hybridized carbons (Fsp3) is 0.636. The minimum absolute atomic E-state index is 0.610. The maximum absolute atomic E-state index is 5.32. The molecule has 0 amide bonds. The van der Waals surface area contributed by atoms with Crippen molar-refractivity contribution >= 4 is 15.9 Å². The summed E-state index contributed by atoms with van der Waals surface area (Å²) in [6.45, 7) is 4.23. The largest absolute Gasteiger partial charge is 0.467 e. The molecule has 0 unspecified atom stereocenters. The van der Waals surface area contributed by atoms with Gasteiger partial charge >= 0.3 is 0 Å². The quantitative estimate of drug-likeness (QED) is 0.876. The van der Waals surface area contributed by atoms with Gasteiger partial charge in [0.05, 0.1) is 17.3 Å². The number of hydrogen-bond acceptors (Lipinski definition) is 2. The molecule has 1 aliphatic carbocycles. The molecule has 1 aliphatic rings. The summed E-state index contributed by atoms with van der Waals surface area (Å²) >= 11 is 3.45. The molecule has 1 aromatic rings. The van der Waals surface area contributed by atoms with Gasteiger partial charge in [0.2, 0.25) is 0 Å². The number of furan rings is 1. The summed E-state index contributed by atoms with van der Waals surface area (Å²) in [6, 6.07) is 1.93. The van der Waals surface area contributed by atoms with E-state index in [4.69, 9.17) is 4.42 Å². The Morgan fingerprint density at radius 1 is 1.57 bits per heavy atom. The second-order valence-electron chi connectivity index (χ2n) is 4.15. The Bertz CT molecular complexity index is 304. The number of nitrogens with one attached hydrogen (secondary N) is 1. The van der Waals surface area contributed by atoms with E-state index in [0.29, 0.717) is 5.41 Å². The molecule has 0 atom stereocenters. The molecule has 1 fully saturated rings. The second kappa shape index (κ2) is 4.07. The van der Waals surface area contributed by atoms with Crippen LogP contribution in [0.5, 0.6) is 0 Å². The Morgan fingerprint density at radius 3 is 2.86 bits per heavy atom. The van der Waals surface area contributed by atoms with Crippen LogP contribution >= 0.6 is 15.9 Å². The maximum atomic E-state index is 5.32. The van der Waals surface area contributed by atoms with E-state index < -0.39 is 0 Å². The zero-order chi connectivity index (χ0) is 10.0. The summed E-state index contributed by atoms with van der Waals surface area (Å²) in [5.74, 6) is 0.997. The summed E-state index contributed by atoms with van der Waals surface area (Å²) in [5.41, 5.74) is 0.610. The van der Waals surface area contributed by atoms with E-state index in [2.05, 4.69) is 28.2 Å². The van der Waals surface area contributed by atoms with E-state index in [-0.39, 0.29) is 0 Å². The third-order valence-electron chi connectivity index (χ3n) is 3.18. The van der Waals surface area contributed by atoms with Crippen LogP contribution in [-0.4, -0.2) is 6.54 Å². The Hall–Kier alpha value is -0.280. The third kappa shape index (κ3) is 2.20. The molecule has 2 nitrogen and oxygen atoms in total. The van der Waals surface area contributed by atoms with Crippen molar-refractivity contribution in [1.29, 1.82) is 0 Å². The molecule has 3 heteroatoms. The fourth-order valence-electron chi connectivity index (χ4n) is 1.72. The van der Waals surface area contributed by atoms with Crippen LogP contribution in [0, 0.1) is 5.41 Å². The van der Waals surface area contributed by atoms with Crippen molar-refractivity contribution in [2.75, 3.05) is 6.54 Å². The lowest BCUT2D eigenvalue weighted by atomic mass is 10.0.